The fourth-order valence-electron chi connectivity index (χ4n) is 4.52. The van der Waals surface area contributed by atoms with Crippen LogP contribution in [-0.4, -0.2) is 64.5 Å². The first kappa shape index (κ1) is 20.8. The number of anilines is 2. The number of nitrogens with zero attached hydrogens (tertiary/aromatic N) is 7. The number of morpholine rings is 1. The second kappa shape index (κ2) is 8.82. The Morgan fingerprint density at radius 3 is 2.38 bits per heavy atom. The Hall–Kier alpha value is -3.07. The molecular weight excluding hydrogens is 406 g/mol. The van der Waals surface area contributed by atoms with E-state index in [9.17, 15) is 0 Å². The minimum atomic E-state index is 0.219. The van der Waals surface area contributed by atoms with E-state index in [4.69, 9.17) is 24.2 Å². The van der Waals surface area contributed by atoms with Crippen molar-refractivity contribution in [3.63, 3.8) is 0 Å². The minimum absolute atomic E-state index is 0.219. The molecule has 0 amide bonds. The maximum Gasteiger partial charge on any atom is 0.225 e. The molecule has 0 bridgehead atoms. The largest absolute Gasteiger partial charge is 0.378 e. The van der Waals surface area contributed by atoms with Crippen LogP contribution in [0.15, 0.2) is 22.9 Å². The molecule has 5 rings (SSSR count). The van der Waals surface area contributed by atoms with Gasteiger partial charge in [-0.2, -0.15) is 0 Å². The average molecular weight is 436 g/mol. The summed E-state index contributed by atoms with van der Waals surface area (Å²) in [6.45, 7) is 10.7. The van der Waals surface area contributed by atoms with Crippen LogP contribution < -0.4 is 9.80 Å². The van der Waals surface area contributed by atoms with Gasteiger partial charge in [-0.05, 0) is 39.7 Å². The Kier molecular flexibility index (Phi) is 5.73. The molecule has 0 unspecified atom stereocenters. The van der Waals surface area contributed by atoms with Crippen LogP contribution in [0.3, 0.4) is 0 Å². The Morgan fingerprint density at radius 1 is 0.875 bits per heavy atom. The molecule has 5 heterocycles. The standard InChI is InChI=1S/C23H29N7O2/c1-15-11-16(2)26-23(25-15)30-6-4-5-18(14-30)21-19(20-12-17(3)28-32-20)13-24-22(27-21)29-7-9-31-10-8-29/h11-13,18H,4-10,14H2,1-3H3/t18-/m1/s1. The number of rotatable bonds is 4. The fraction of sp³-hybridized carbons (Fsp3) is 0.522. The number of piperidine rings is 1. The highest BCUT2D eigenvalue weighted by molar-refractivity contribution is 5.62. The normalized spacial score (nSPS) is 19.4. The first-order chi connectivity index (χ1) is 15.6. The molecule has 0 saturated carbocycles. The lowest BCUT2D eigenvalue weighted by atomic mass is 9.91. The monoisotopic (exact) mass is 435 g/mol. The molecule has 32 heavy (non-hydrogen) atoms. The van der Waals surface area contributed by atoms with Gasteiger partial charge in [0.2, 0.25) is 11.9 Å². The van der Waals surface area contributed by atoms with Crippen molar-refractivity contribution in [1.82, 2.24) is 25.1 Å². The summed E-state index contributed by atoms with van der Waals surface area (Å²) in [4.78, 5) is 23.6. The Balaban J connectivity index is 1.50. The van der Waals surface area contributed by atoms with Crippen molar-refractivity contribution < 1.29 is 9.26 Å². The smallest absolute Gasteiger partial charge is 0.225 e. The number of hydrogen-bond acceptors (Lipinski definition) is 9. The average Bonchev–Trinajstić information content (AvgIpc) is 3.25. The number of aromatic nitrogens is 5. The molecule has 0 N–H and O–H groups in total. The summed E-state index contributed by atoms with van der Waals surface area (Å²) in [5.41, 5.74) is 4.74. The molecule has 9 heteroatoms. The Bertz CT molecular complexity index is 1070. The highest BCUT2D eigenvalue weighted by atomic mass is 16.5. The zero-order valence-electron chi connectivity index (χ0n) is 18.9. The van der Waals surface area contributed by atoms with E-state index in [1.54, 1.807) is 0 Å². The summed E-state index contributed by atoms with van der Waals surface area (Å²) in [7, 11) is 0. The molecule has 2 aliphatic rings. The quantitative estimate of drug-likeness (QED) is 0.613. The molecule has 2 aliphatic heterocycles. The third-order valence-corrected chi connectivity index (χ3v) is 6.05. The second-order valence-electron chi connectivity index (χ2n) is 8.64. The van der Waals surface area contributed by atoms with Crippen LogP contribution in [0.2, 0.25) is 0 Å². The van der Waals surface area contributed by atoms with E-state index < -0.39 is 0 Å². The molecule has 0 spiro atoms. The lowest BCUT2D eigenvalue weighted by molar-refractivity contribution is 0.122. The van der Waals surface area contributed by atoms with Crippen LogP contribution in [0.4, 0.5) is 11.9 Å². The predicted octanol–water partition coefficient (Wildman–Crippen LogP) is 3.07. The summed E-state index contributed by atoms with van der Waals surface area (Å²) in [5.74, 6) is 2.48. The van der Waals surface area contributed by atoms with Crippen molar-refractivity contribution in [3.05, 3.63) is 41.1 Å². The van der Waals surface area contributed by atoms with Crippen LogP contribution >= 0.6 is 0 Å². The topological polar surface area (TPSA) is 93.3 Å². The van der Waals surface area contributed by atoms with Gasteiger partial charge in [0.25, 0.3) is 0 Å². The van der Waals surface area contributed by atoms with Crippen molar-refractivity contribution in [2.45, 2.75) is 39.5 Å². The van der Waals surface area contributed by atoms with E-state index in [0.29, 0.717) is 19.0 Å². The molecule has 0 aromatic carbocycles. The molecule has 168 valence electrons. The molecular formula is C23H29N7O2. The lowest BCUT2D eigenvalue weighted by Gasteiger charge is -2.34. The Labute approximate surface area is 187 Å². The van der Waals surface area contributed by atoms with E-state index in [2.05, 4.69) is 19.9 Å². The SMILES string of the molecule is Cc1cc(-c2cnc(N3CCOCC3)nc2[C@@H]2CCCN(c3nc(C)cc(C)n3)C2)on1. The van der Waals surface area contributed by atoms with Gasteiger partial charge in [-0.25, -0.2) is 19.9 Å². The molecule has 2 fully saturated rings. The van der Waals surface area contributed by atoms with Crippen molar-refractivity contribution >= 4 is 11.9 Å². The number of hydrogen-bond donors (Lipinski definition) is 0. The zero-order chi connectivity index (χ0) is 22.1. The van der Waals surface area contributed by atoms with E-state index in [1.807, 2.05) is 39.1 Å². The molecule has 3 aromatic rings. The van der Waals surface area contributed by atoms with Crippen molar-refractivity contribution in [2.75, 3.05) is 49.2 Å². The highest BCUT2D eigenvalue weighted by Crippen LogP contribution is 2.35. The zero-order valence-corrected chi connectivity index (χ0v) is 18.9. The van der Waals surface area contributed by atoms with Gasteiger partial charge >= 0.3 is 0 Å². The van der Waals surface area contributed by atoms with Gasteiger partial charge in [0.1, 0.15) is 0 Å². The van der Waals surface area contributed by atoms with Crippen LogP contribution in [0.1, 0.15) is 41.5 Å². The molecule has 0 aliphatic carbocycles. The van der Waals surface area contributed by atoms with Crippen LogP contribution in [0, 0.1) is 20.8 Å². The summed E-state index contributed by atoms with van der Waals surface area (Å²) >= 11 is 0. The van der Waals surface area contributed by atoms with Crippen molar-refractivity contribution in [1.29, 1.82) is 0 Å². The van der Waals surface area contributed by atoms with Gasteiger partial charge in [-0.15, -0.1) is 0 Å². The maximum atomic E-state index is 5.61. The molecule has 9 nitrogen and oxygen atoms in total. The molecule has 0 radical (unpaired) electrons. The molecule has 3 aromatic heterocycles. The molecule has 2 saturated heterocycles. The van der Waals surface area contributed by atoms with Crippen LogP contribution in [0.25, 0.3) is 11.3 Å². The van der Waals surface area contributed by atoms with Gasteiger partial charge in [0.05, 0.1) is 30.2 Å². The first-order valence-electron chi connectivity index (χ1n) is 11.3. The van der Waals surface area contributed by atoms with Crippen molar-refractivity contribution in [2.24, 2.45) is 0 Å². The predicted molar refractivity (Wildman–Crippen MR) is 121 cm³/mol. The summed E-state index contributed by atoms with van der Waals surface area (Å²) in [6.07, 6.45) is 3.98. The van der Waals surface area contributed by atoms with Crippen LogP contribution in [-0.2, 0) is 4.74 Å². The van der Waals surface area contributed by atoms with E-state index in [-0.39, 0.29) is 5.92 Å². The first-order valence-corrected chi connectivity index (χ1v) is 11.3. The van der Waals surface area contributed by atoms with Gasteiger partial charge in [0, 0.05) is 55.7 Å². The summed E-state index contributed by atoms with van der Waals surface area (Å²) in [6, 6.07) is 3.96. The van der Waals surface area contributed by atoms with Gasteiger partial charge in [0.15, 0.2) is 5.76 Å². The maximum absolute atomic E-state index is 5.61. The number of ether oxygens (including phenoxy) is 1. The summed E-state index contributed by atoms with van der Waals surface area (Å²) < 4.78 is 11.1. The van der Waals surface area contributed by atoms with Crippen LogP contribution in [0.5, 0.6) is 0 Å². The summed E-state index contributed by atoms with van der Waals surface area (Å²) in [5, 5.41) is 4.09. The third-order valence-electron chi connectivity index (χ3n) is 6.05. The third kappa shape index (κ3) is 4.29. The van der Waals surface area contributed by atoms with Gasteiger partial charge in [-0.3, -0.25) is 0 Å². The van der Waals surface area contributed by atoms with E-state index in [0.717, 1.165) is 79.3 Å². The fourth-order valence-corrected chi connectivity index (χ4v) is 4.52. The van der Waals surface area contributed by atoms with Gasteiger partial charge in [-0.1, -0.05) is 5.16 Å². The van der Waals surface area contributed by atoms with Gasteiger partial charge < -0.3 is 19.1 Å². The van der Waals surface area contributed by atoms with Crippen molar-refractivity contribution in [3.8, 4) is 11.3 Å². The second-order valence-corrected chi connectivity index (χ2v) is 8.64. The number of aryl methyl sites for hydroxylation is 3. The Morgan fingerprint density at radius 2 is 1.66 bits per heavy atom. The van der Waals surface area contributed by atoms with E-state index >= 15 is 0 Å². The highest BCUT2D eigenvalue weighted by Gasteiger charge is 2.29. The lowest BCUT2D eigenvalue weighted by Crippen LogP contribution is -2.38. The minimum Gasteiger partial charge on any atom is -0.378 e. The molecule has 1 atom stereocenters. The van der Waals surface area contributed by atoms with E-state index in [1.165, 1.54) is 0 Å².